The van der Waals surface area contributed by atoms with Crippen LogP contribution in [0, 0.1) is 0 Å². The molecule has 0 aliphatic rings. The minimum Gasteiger partial charge on any atom is -0.493 e. The third kappa shape index (κ3) is 5.52. The molecule has 0 aliphatic heterocycles. The van der Waals surface area contributed by atoms with Crippen molar-refractivity contribution in [3.05, 3.63) is 23.8 Å². The molecule has 0 aliphatic carbocycles. The minimum atomic E-state index is 0.157. The van der Waals surface area contributed by atoms with Crippen molar-refractivity contribution < 1.29 is 18.7 Å². The van der Waals surface area contributed by atoms with E-state index in [0.29, 0.717) is 29.3 Å². The maximum Gasteiger partial charge on any atom is 0.285 e. The van der Waals surface area contributed by atoms with Gasteiger partial charge >= 0.3 is 0 Å². The van der Waals surface area contributed by atoms with Gasteiger partial charge in [-0.05, 0) is 18.6 Å². The Kier molecular flexibility index (Phi) is 8.52. The molecule has 0 unspecified atom stereocenters. The van der Waals surface area contributed by atoms with Gasteiger partial charge in [0, 0.05) is 23.4 Å². The summed E-state index contributed by atoms with van der Waals surface area (Å²) < 4.78 is 16.1. The lowest BCUT2D eigenvalue weighted by Crippen LogP contribution is -2.00. The third-order valence-corrected chi connectivity index (χ3v) is 4.85. The van der Waals surface area contributed by atoms with Crippen LogP contribution >= 0.6 is 0 Å². The van der Waals surface area contributed by atoms with Crippen LogP contribution in [0.4, 0.5) is 0 Å². The number of unbranched alkanes of at least 4 members (excludes halogenated alkanes) is 8. The van der Waals surface area contributed by atoms with Crippen molar-refractivity contribution >= 4 is 16.8 Å². The van der Waals surface area contributed by atoms with E-state index in [1.165, 1.54) is 44.9 Å². The summed E-state index contributed by atoms with van der Waals surface area (Å²) in [4.78, 5) is 12.6. The summed E-state index contributed by atoms with van der Waals surface area (Å²) in [7, 11) is 3.14. The van der Waals surface area contributed by atoms with Gasteiger partial charge in [0.05, 0.1) is 14.2 Å². The number of carbonyl (C=O) groups excluding carboxylic acids is 1. The van der Waals surface area contributed by atoms with Crippen molar-refractivity contribution in [3.63, 3.8) is 0 Å². The van der Waals surface area contributed by atoms with Crippen LogP contribution < -0.4 is 9.47 Å². The Hall–Kier alpha value is -1.97. The van der Waals surface area contributed by atoms with E-state index >= 15 is 0 Å². The largest absolute Gasteiger partial charge is 0.493 e. The Bertz CT molecular complexity index is 687. The molecule has 0 saturated heterocycles. The van der Waals surface area contributed by atoms with Crippen LogP contribution in [-0.4, -0.2) is 20.0 Å². The van der Waals surface area contributed by atoms with Gasteiger partial charge in [0.2, 0.25) is 0 Å². The number of Topliss-reactive ketones (excluding diaryl/α,β-unsaturated/α-hetero) is 1. The number of fused-ring (bicyclic) bond motifs is 1. The highest BCUT2D eigenvalue weighted by molar-refractivity contribution is 6.08. The van der Waals surface area contributed by atoms with E-state index in [9.17, 15) is 4.79 Å². The molecule has 4 heteroatoms. The van der Waals surface area contributed by atoms with Gasteiger partial charge in [-0.1, -0.05) is 58.3 Å². The Morgan fingerprint density at radius 3 is 2.19 bits per heavy atom. The van der Waals surface area contributed by atoms with Crippen LogP contribution in [0.2, 0.25) is 0 Å². The van der Waals surface area contributed by atoms with Crippen LogP contribution in [0.3, 0.4) is 0 Å². The predicted octanol–water partition coefficient (Wildman–Crippen LogP) is 6.55. The first kappa shape index (κ1) is 20.3. The molecule has 4 nitrogen and oxygen atoms in total. The summed E-state index contributed by atoms with van der Waals surface area (Å²) in [6.07, 6.45) is 11.8. The first-order valence-corrected chi connectivity index (χ1v) is 9.89. The van der Waals surface area contributed by atoms with Crippen LogP contribution in [-0.2, 0) is 0 Å². The Balaban J connectivity index is 1.83. The number of methoxy groups -OCH3 is 2. The lowest BCUT2D eigenvalue weighted by atomic mass is 10.00. The van der Waals surface area contributed by atoms with Gasteiger partial charge in [-0.3, -0.25) is 4.79 Å². The molecule has 1 heterocycles. The van der Waals surface area contributed by atoms with Crippen LogP contribution in [0.15, 0.2) is 22.6 Å². The SMILES string of the molecule is CCCCCCCCCCCC(=O)c1ccc(OC)c2oc(OC)cc12. The molecule has 0 N–H and O–H groups in total. The van der Waals surface area contributed by atoms with Crippen molar-refractivity contribution in [2.45, 2.75) is 71.1 Å². The fraction of sp³-hybridized carbons (Fsp3) is 0.591. The van der Waals surface area contributed by atoms with Gasteiger partial charge in [0.25, 0.3) is 5.95 Å². The lowest BCUT2D eigenvalue weighted by molar-refractivity contribution is 0.0980. The number of rotatable bonds is 13. The molecule has 0 radical (unpaired) electrons. The van der Waals surface area contributed by atoms with Crippen molar-refractivity contribution in [1.82, 2.24) is 0 Å². The molecular formula is C22H32O4. The summed E-state index contributed by atoms with van der Waals surface area (Å²) in [6, 6.07) is 5.38. The maximum atomic E-state index is 12.6. The topological polar surface area (TPSA) is 48.7 Å². The first-order chi connectivity index (χ1) is 12.7. The number of hydrogen-bond acceptors (Lipinski definition) is 4. The van der Waals surface area contributed by atoms with Gasteiger partial charge in [0.15, 0.2) is 17.1 Å². The first-order valence-electron chi connectivity index (χ1n) is 9.89. The highest BCUT2D eigenvalue weighted by Gasteiger charge is 2.17. The van der Waals surface area contributed by atoms with Crippen LogP contribution in [0.1, 0.15) is 81.5 Å². The monoisotopic (exact) mass is 360 g/mol. The second-order valence-corrected chi connectivity index (χ2v) is 6.83. The average molecular weight is 360 g/mol. The van der Waals surface area contributed by atoms with Gasteiger partial charge < -0.3 is 13.9 Å². The van der Waals surface area contributed by atoms with E-state index < -0.39 is 0 Å². The molecule has 2 rings (SSSR count). The Labute approximate surface area is 156 Å². The summed E-state index contributed by atoms with van der Waals surface area (Å²) in [5.41, 5.74) is 1.26. The fourth-order valence-corrected chi connectivity index (χ4v) is 3.31. The van der Waals surface area contributed by atoms with Crippen LogP contribution in [0.25, 0.3) is 11.0 Å². The number of carbonyl (C=O) groups is 1. The quantitative estimate of drug-likeness (QED) is 0.300. The second-order valence-electron chi connectivity index (χ2n) is 6.83. The highest BCUT2D eigenvalue weighted by atomic mass is 16.6. The van der Waals surface area contributed by atoms with Gasteiger partial charge in [0.1, 0.15) is 0 Å². The summed E-state index contributed by atoms with van der Waals surface area (Å²) in [5.74, 6) is 1.16. The normalized spacial score (nSPS) is 11.0. The molecule has 0 atom stereocenters. The molecule has 1 aromatic carbocycles. The number of benzene rings is 1. The zero-order chi connectivity index (χ0) is 18.8. The summed E-state index contributed by atoms with van der Waals surface area (Å²) >= 11 is 0. The van der Waals surface area contributed by atoms with E-state index in [1.54, 1.807) is 26.4 Å². The number of ether oxygens (including phenoxy) is 2. The smallest absolute Gasteiger partial charge is 0.285 e. The number of ketones is 1. The summed E-state index contributed by atoms with van der Waals surface area (Å²) in [5, 5.41) is 0.766. The average Bonchev–Trinajstić information content (AvgIpc) is 3.10. The van der Waals surface area contributed by atoms with Gasteiger partial charge in [-0.25, -0.2) is 0 Å². The van der Waals surface area contributed by atoms with E-state index in [4.69, 9.17) is 13.9 Å². The molecule has 0 amide bonds. The van der Waals surface area contributed by atoms with E-state index in [0.717, 1.165) is 18.2 Å². The molecule has 26 heavy (non-hydrogen) atoms. The standard InChI is InChI=1S/C22H32O4/c1-4-5-6-7-8-9-10-11-12-13-19(23)17-14-15-20(24-2)22-18(17)16-21(25-3)26-22/h14-16H,4-13H2,1-3H3. The Morgan fingerprint density at radius 2 is 1.58 bits per heavy atom. The molecular weight excluding hydrogens is 328 g/mol. The van der Waals surface area contributed by atoms with Crippen molar-refractivity contribution in [1.29, 1.82) is 0 Å². The van der Waals surface area contributed by atoms with Gasteiger partial charge in [-0.2, -0.15) is 0 Å². The minimum absolute atomic E-state index is 0.157. The van der Waals surface area contributed by atoms with E-state index in [2.05, 4.69) is 6.92 Å². The maximum absolute atomic E-state index is 12.6. The van der Waals surface area contributed by atoms with Crippen molar-refractivity contribution in [2.24, 2.45) is 0 Å². The predicted molar refractivity (Wildman–Crippen MR) is 105 cm³/mol. The summed E-state index contributed by atoms with van der Waals surface area (Å²) in [6.45, 7) is 2.24. The molecule has 144 valence electrons. The molecule has 0 bridgehead atoms. The van der Waals surface area contributed by atoms with Crippen molar-refractivity contribution in [2.75, 3.05) is 14.2 Å². The molecule has 0 fully saturated rings. The second kappa shape index (κ2) is 10.9. The van der Waals surface area contributed by atoms with E-state index in [1.807, 2.05) is 6.07 Å². The number of furan rings is 1. The molecule has 2 aromatic rings. The molecule has 0 saturated carbocycles. The van der Waals surface area contributed by atoms with Gasteiger partial charge in [-0.15, -0.1) is 0 Å². The Morgan fingerprint density at radius 1 is 0.923 bits per heavy atom. The third-order valence-electron chi connectivity index (χ3n) is 4.85. The molecule has 0 spiro atoms. The zero-order valence-electron chi connectivity index (χ0n) is 16.4. The van der Waals surface area contributed by atoms with Crippen molar-refractivity contribution in [3.8, 4) is 11.7 Å². The molecule has 1 aromatic heterocycles. The lowest BCUT2D eigenvalue weighted by Gasteiger charge is -2.06. The van der Waals surface area contributed by atoms with E-state index in [-0.39, 0.29) is 5.78 Å². The fourth-order valence-electron chi connectivity index (χ4n) is 3.31. The van der Waals surface area contributed by atoms with Crippen LogP contribution in [0.5, 0.6) is 11.7 Å². The zero-order valence-corrected chi connectivity index (χ0v) is 16.4. The highest BCUT2D eigenvalue weighted by Crippen LogP contribution is 2.35. The number of hydrogen-bond donors (Lipinski definition) is 0.